The first kappa shape index (κ1) is 25.5. The highest BCUT2D eigenvalue weighted by molar-refractivity contribution is 5.96. The predicted molar refractivity (Wildman–Crippen MR) is 133 cm³/mol. The Morgan fingerprint density at radius 2 is 1.69 bits per heavy atom. The van der Waals surface area contributed by atoms with Crippen molar-refractivity contribution in [1.29, 1.82) is 0 Å². The molecule has 0 radical (unpaired) electrons. The molecule has 2 heterocycles. The molecule has 1 fully saturated rings. The summed E-state index contributed by atoms with van der Waals surface area (Å²) >= 11 is 0. The first-order chi connectivity index (χ1) is 17.4. The molecule has 2 atom stereocenters. The minimum absolute atomic E-state index is 0.0737. The Morgan fingerprint density at radius 3 is 2.33 bits per heavy atom. The molecule has 194 valence electrons. The first-order valence-electron chi connectivity index (χ1n) is 12.1. The van der Waals surface area contributed by atoms with Crippen LogP contribution in [0.25, 0.3) is 0 Å². The molecule has 0 unspecified atom stereocenters. The number of hydrogen-bond acceptors (Lipinski definition) is 7. The summed E-state index contributed by atoms with van der Waals surface area (Å²) in [6.45, 7) is 5.62. The van der Waals surface area contributed by atoms with Crippen LogP contribution in [-0.2, 0) is 4.79 Å². The van der Waals surface area contributed by atoms with Crippen LogP contribution in [0.2, 0.25) is 0 Å². The van der Waals surface area contributed by atoms with Crippen LogP contribution in [0.1, 0.15) is 42.1 Å². The minimum atomic E-state index is -0.432. The van der Waals surface area contributed by atoms with Gasteiger partial charge in [0.05, 0.1) is 27.2 Å². The van der Waals surface area contributed by atoms with Crippen LogP contribution < -0.4 is 29.0 Å². The van der Waals surface area contributed by atoms with Crippen molar-refractivity contribution in [3.05, 3.63) is 41.5 Å². The molecule has 0 spiro atoms. The number of likely N-dealkylation sites (tertiary alicyclic amines) is 1. The molecule has 0 aromatic heterocycles. The molecular formula is C27H34N2O7. The highest BCUT2D eigenvalue weighted by atomic mass is 16.7. The molecule has 2 aromatic carbocycles. The van der Waals surface area contributed by atoms with Gasteiger partial charge in [-0.1, -0.05) is 13.8 Å². The fraction of sp³-hybridized carbons (Fsp3) is 0.481. The number of carbonyl (C=O) groups excluding carboxylic acids is 2. The topological polar surface area (TPSA) is 95.6 Å². The number of methoxy groups -OCH3 is 3. The van der Waals surface area contributed by atoms with Crippen LogP contribution in [0.5, 0.6) is 28.7 Å². The van der Waals surface area contributed by atoms with Gasteiger partial charge in [-0.05, 0) is 48.2 Å². The van der Waals surface area contributed by atoms with E-state index in [2.05, 4.69) is 19.2 Å². The number of carbonyl (C=O) groups is 2. The van der Waals surface area contributed by atoms with Gasteiger partial charge in [-0.15, -0.1) is 0 Å². The lowest BCUT2D eigenvalue weighted by Crippen LogP contribution is -2.36. The van der Waals surface area contributed by atoms with E-state index in [0.717, 1.165) is 12.0 Å². The van der Waals surface area contributed by atoms with Gasteiger partial charge in [-0.2, -0.15) is 0 Å². The van der Waals surface area contributed by atoms with Crippen LogP contribution >= 0.6 is 0 Å². The van der Waals surface area contributed by atoms with Gasteiger partial charge in [-0.25, -0.2) is 0 Å². The molecule has 4 rings (SSSR count). The molecule has 2 amide bonds. The zero-order valence-corrected chi connectivity index (χ0v) is 21.5. The molecular weight excluding hydrogens is 464 g/mol. The molecule has 1 N–H and O–H groups in total. The van der Waals surface area contributed by atoms with E-state index in [4.69, 9.17) is 23.7 Å². The lowest BCUT2D eigenvalue weighted by Gasteiger charge is -2.21. The maximum atomic E-state index is 13.5. The standard InChI is InChI=1S/C27H34N2O7/c1-16(2)8-9-28-26(30)20-14-29(27(31)17-6-7-21-22(10-17)36-15-35-21)13-19(20)18-11-23(32-3)25(34-5)24(12-18)33-4/h6-7,10-12,16,19-20H,8-9,13-15H2,1-5H3,(H,28,30)/t19-,20+/m0/s1. The number of benzene rings is 2. The zero-order valence-electron chi connectivity index (χ0n) is 21.5. The highest BCUT2D eigenvalue weighted by Gasteiger charge is 2.41. The lowest BCUT2D eigenvalue weighted by molar-refractivity contribution is -0.124. The normalized spacial score (nSPS) is 18.3. The average Bonchev–Trinajstić information content (AvgIpc) is 3.54. The number of hydrogen-bond donors (Lipinski definition) is 1. The van der Waals surface area contributed by atoms with Crippen molar-refractivity contribution >= 4 is 11.8 Å². The second-order valence-corrected chi connectivity index (χ2v) is 9.42. The summed E-state index contributed by atoms with van der Waals surface area (Å²) in [6.07, 6.45) is 0.882. The summed E-state index contributed by atoms with van der Waals surface area (Å²) < 4.78 is 27.4. The van der Waals surface area contributed by atoms with Crippen LogP contribution in [-0.4, -0.2) is 64.5 Å². The molecule has 2 aliphatic rings. The fourth-order valence-corrected chi connectivity index (χ4v) is 4.72. The number of fused-ring (bicyclic) bond motifs is 1. The third-order valence-corrected chi connectivity index (χ3v) is 6.70. The molecule has 0 aliphatic carbocycles. The van der Waals surface area contributed by atoms with E-state index in [1.54, 1.807) is 44.4 Å². The van der Waals surface area contributed by atoms with E-state index >= 15 is 0 Å². The number of amides is 2. The summed E-state index contributed by atoms with van der Waals surface area (Å²) in [5, 5.41) is 3.07. The van der Waals surface area contributed by atoms with Crippen LogP contribution in [0.15, 0.2) is 30.3 Å². The van der Waals surface area contributed by atoms with Crippen molar-refractivity contribution in [2.24, 2.45) is 11.8 Å². The van der Waals surface area contributed by atoms with E-state index in [1.807, 2.05) is 12.1 Å². The Kier molecular flexibility index (Phi) is 7.76. The monoisotopic (exact) mass is 498 g/mol. The fourth-order valence-electron chi connectivity index (χ4n) is 4.72. The molecule has 2 aromatic rings. The lowest BCUT2D eigenvalue weighted by atomic mass is 9.87. The average molecular weight is 499 g/mol. The van der Waals surface area contributed by atoms with Crippen molar-refractivity contribution in [2.75, 3.05) is 47.8 Å². The van der Waals surface area contributed by atoms with Gasteiger partial charge in [0, 0.05) is 31.1 Å². The number of nitrogens with zero attached hydrogens (tertiary/aromatic N) is 1. The SMILES string of the molecule is COc1cc([C@@H]2CN(C(=O)c3ccc4c(c3)OCO4)C[C@H]2C(=O)NCCC(C)C)cc(OC)c1OC. The molecule has 0 bridgehead atoms. The van der Waals surface area contributed by atoms with Crippen LogP contribution in [0.3, 0.4) is 0 Å². The van der Waals surface area contributed by atoms with Crippen molar-refractivity contribution in [3.8, 4) is 28.7 Å². The second-order valence-electron chi connectivity index (χ2n) is 9.42. The van der Waals surface area contributed by atoms with Gasteiger partial charge in [0.15, 0.2) is 23.0 Å². The number of nitrogens with one attached hydrogen (secondary N) is 1. The summed E-state index contributed by atoms with van der Waals surface area (Å²) in [5.41, 5.74) is 1.33. The van der Waals surface area contributed by atoms with Crippen molar-refractivity contribution in [2.45, 2.75) is 26.2 Å². The van der Waals surface area contributed by atoms with E-state index in [-0.39, 0.29) is 24.5 Å². The molecule has 2 aliphatic heterocycles. The first-order valence-corrected chi connectivity index (χ1v) is 12.1. The highest BCUT2D eigenvalue weighted by Crippen LogP contribution is 2.43. The predicted octanol–water partition coefficient (Wildman–Crippen LogP) is 3.46. The Morgan fingerprint density at radius 1 is 1.00 bits per heavy atom. The van der Waals surface area contributed by atoms with Crippen LogP contribution in [0, 0.1) is 11.8 Å². The molecule has 9 heteroatoms. The molecule has 0 saturated carbocycles. The summed E-state index contributed by atoms with van der Waals surface area (Å²) in [5.74, 6) is 2.21. The Bertz CT molecular complexity index is 1090. The molecule has 9 nitrogen and oxygen atoms in total. The van der Waals surface area contributed by atoms with Crippen LogP contribution in [0.4, 0.5) is 0 Å². The Labute approximate surface area is 211 Å². The van der Waals surface area contributed by atoms with E-state index in [9.17, 15) is 9.59 Å². The van der Waals surface area contributed by atoms with Gasteiger partial charge >= 0.3 is 0 Å². The third kappa shape index (κ3) is 5.15. The van der Waals surface area contributed by atoms with Crippen molar-refractivity contribution in [1.82, 2.24) is 10.2 Å². The minimum Gasteiger partial charge on any atom is -0.493 e. The quantitative estimate of drug-likeness (QED) is 0.566. The van der Waals surface area contributed by atoms with E-state index in [0.29, 0.717) is 59.9 Å². The van der Waals surface area contributed by atoms with Crippen molar-refractivity contribution in [3.63, 3.8) is 0 Å². The largest absolute Gasteiger partial charge is 0.493 e. The van der Waals surface area contributed by atoms with Gasteiger partial charge in [0.1, 0.15) is 0 Å². The van der Waals surface area contributed by atoms with E-state index < -0.39 is 5.92 Å². The number of rotatable bonds is 9. The summed E-state index contributed by atoms with van der Waals surface area (Å²) in [4.78, 5) is 28.5. The number of ether oxygens (including phenoxy) is 5. The second kappa shape index (κ2) is 11.0. The zero-order chi connectivity index (χ0) is 25.8. The maximum absolute atomic E-state index is 13.5. The van der Waals surface area contributed by atoms with Gasteiger partial charge in [0.25, 0.3) is 5.91 Å². The van der Waals surface area contributed by atoms with Gasteiger partial charge in [0.2, 0.25) is 18.4 Å². The third-order valence-electron chi connectivity index (χ3n) is 6.70. The van der Waals surface area contributed by atoms with E-state index in [1.165, 1.54) is 0 Å². The van der Waals surface area contributed by atoms with Gasteiger partial charge < -0.3 is 33.9 Å². The maximum Gasteiger partial charge on any atom is 0.254 e. The smallest absolute Gasteiger partial charge is 0.254 e. The Balaban J connectivity index is 1.64. The molecule has 1 saturated heterocycles. The summed E-state index contributed by atoms with van der Waals surface area (Å²) in [7, 11) is 4.66. The Hall–Kier alpha value is -3.62. The van der Waals surface area contributed by atoms with Crippen molar-refractivity contribution < 1.29 is 33.3 Å². The summed E-state index contributed by atoms with van der Waals surface area (Å²) in [6, 6.07) is 8.86. The molecule has 36 heavy (non-hydrogen) atoms. The van der Waals surface area contributed by atoms with Gasteiger partial charge in [-0.3, -0.25) is 9.59 Å².